The lowest BCUT2D eigenvalue weighted by atomic mass is 9.67. The molecule has 28 heavy (non-hydrogen) atoms. The Kier molecular flexibility index (Phi) is 5.04. The second-order valence-corrected chi connectivity index (χ2v) is 8.33. The number of ketones is 1. The predicted octanol–water partition coefficient (Wildman–Crippen LogP) is 3.51. The molecule has 0 saturated carbocycles. The molecule has 4 atom stereocenters. The highest BCUT2D eigenvalue weighted by atomic mass is 16.5. The molecule has 3 aliphatic heterocycles. The van der Waals surface area contributed by atoms with Crippen molar-refractivity contribution in [3.05, 3.63) is 41.7 Å². The number of amides is 1. The zero-order valence-corrected chi connectivity index (χ0v) is 17.0. The Morgan fingerprint density at radius 3 is 2.86 bits per heavy atom. The highest BCUT2D eigenvalue weighted by Crippen LogP contribution is 2.53. The summed E-state index contributed by atoms with van der Waals surface area (Å²) in [7, 11) is 1.61. The van der Waals surface area contributed by atoms with Crippen LogP contribution in [-0.4, -0.2) is 42.8 Å². The zero-order valence-electron chi connectivity index (χ0n) is 17.0. The lowest BCUT2D eigenvalue weighted by molar-refractivity contribution is -0.122. The standard InChI is InChI=1S/C23H30N2O3/c1-4-15-13-25-11-10-23(18-8-6-7-9-19(18)24-22(23)27)21(25)12-16(15)17(14-28-3)20(26)5-2/h6-9,14-16,21H,4-5,10-13H2,1-3H3,(H,24,27)/t15-,16+,21+,23+/m1/s1. The molecule has 1 aromatic rings. The third kappa shape index (κ3) is 2.71. The summed E-state index contributed by atoms with van der Waals surface area (Å²) in [4.78, 5) is 28.4. The van der Waals surface area contributed by atoms with Crippen LogP contribution in [0, 0.1) is 11.8 Å². The van der Waals surface area contributed by atoms with Gasteiger partial charge in [-0.3, -0.25) is 14.5 Å². The largest absolute Gasteiger partial charge is 0.504 e. The second-order valence-electron chi connectivity index (χ2n) is 8.33. The molecule has 0 radical (unpaired) electrons. The molecule has 1 amide bonds. The van der Waals surface area contributed by atoms with Gasteiger partial charge in [0.1, 0.15) is 0 Å². The van der Waals surface area contributed by atoms with Gasteiger partial charge in [0, 0.05) is 30.3 Å². The van der Waals surface area contributed by atoms with Crippen molar-refractivity contribution in [1.29, 1.82) is 0 Å². The summed E-state index contributed by atoms with van der Waals surface area (Å²) in [6.07, 6.45) is 4.81. The molecule has 150 valence electrons. The number of fused-ring (bicyclic) bond motifs is 4. The Morgan fingerprint density at radius 2 is 2.14 bits per heavy atom. The van der Waals surface area contributed by atoms with Crippen LogP contribution < -0.4 is 5.32 Å². The van der Waals surface area contributed by atoms with Gasteiger partial charge in [-0.15, -0.1) is 0 Å². The summed E-state index contributed by atoms with van der Waals surface area (Å²) in [5.41, 5.74) is 2.37. The lowest BCUT2D eigenvalue weighted by Crippen LogP contribution is -2.53. The highest BCUT2D eigenvalue weighted by Gasteiger charge is 2.59. The van der Waals surface area contributed by atoms with E-state index in [-0.39, 0.29) is 23.7 Å². The number of nitrogens with one attached hydrogen (secondary N) is 1. The Hall–Kier alpha value is -2.14. The van der Waals surface area contributed by atoms with Crippen LogP contribution in [0.1, 0.15) is 45.1 Å². The molecule has 0 aliphatic carbocycles. The number of anilines is 1. The fourth-order valence-electron chi connectivity index (χ4n) is 5.79. The topological polar surface area (TPSA) is 58.6 Å². The number of ether oxygens (including phenoxy) is 1. The van der Waals surface area contributed by atoms with Gasteiger partial charge < -0.3 is 10.1 Å². The van der Waals surface area contributed by atoms with Crippen LogP contribution in [0.25, 0.3) is 0 Å². The number of hydrogen-bond acceptors (Lipinski definition) is 4. The quantitative estimate of drug-likeness (QED) is 0.625. The average molecular weight is 383 g/mol. The highest BCUT2D eigenvalue weighted by molar-refractivity contribution is 6.07. The molecule has 1 aromatic carbocycles. The maximum Gasteiger partial charge on any atom is 0.236 e. The maximum absolute atomic E-state index is 13.2. The molecule has 5 heteroatoms. The molecule has 4 rings (SSSR count). The SMILES string of the molecule is CCC(=O)C(=COC)[C@H]1C[C@@H]2N(CC[C@@]23C(=O)Nc2ccccc23)C[C@H]1CC. The van der Waals surface area contributed by atoms with E-state index in [2.05, 4.69) is 23.2 Å². The Labute approximate surface area is 167 Å². The molecule has 5 nitrogen and oxygen atoms in total. The molecule has 2 fully saturated rings. The first-order valence-electron chi connectivity index (χ1n) is 10.5. The maximum atomic E-state index is 13.2. The first kappa shape index (κ1) is 19.2. The van der Waals surface area contributed by atoms with Gasteiger partial charge in [-0.2, -0.15) is 0 Å². The van der Waals surface area contributed by atoms with Crippen LogP contribution in [0.4, 0.5) is 5.69 Å². The van der Waals surface area contributed by atoms with Crippen molar-refractivity contribution in [2.24, 2.45) is 11.8 Å². The number of carbonyl (C=O) groups is 2. The summed E-state index contributed by atoms with van der Waals surface area (Å²) < 4.78 is 5.30. The van der Waals surface area contributed by atoms with Crippen molar-refractivity contribution >= 4 is 17.4 Å². The third-order valence-electron chi connectivity index (χ3n) is 7.19. The van der Waals surface area contributed by atoms with Crippen LogP contribution in [-0.2, 0) is 19.7 Å². The van der Waals surface area contributed by atoms with Gasteiger partial charge in [-0.1, -0.05) is 38.5 Å². The summed E-state index contributed by atoms with van der Waals surface area (Å²) >= 11 is 0. The van der Waals surface area contributed by atoms with Crippen molar-refractivity contribution in [3.8, 4) is 0 Å². The number of rotatable bonds is 5. The number of benzene rings is 1. The minimum atomic E-state index is -0.499. The monoisotopic (exact) mass is 382 g/mol. The number of Topliss-reactive ketones (excluding diaryl/α,β-unsaturated/α-hetero) is 1. The fourth-order valence-corrected chi connectivity index (χ4v) is 5.79. The predicted molar refractivity (Wildman–Crippen MR) is 109 cm³/mol. The van der Waals surface area contributed by atoms with Gasteiger partial charge in [-0.25, -0.2) is 0 Å². The molecule has 0 aromatic heterocycles. The number of methoxy groups -OCH3 is 1. The van der Waals surface area contributed by atoms with Crippen molar-refractivity contribution in [2.45, 2.75) is 51.0 Å². The minimum Gasteiger partial charge on any atom is -0.504 e. The molecule has 1 N–H and O–H groups in total. The number of para-hydroxylation sites is 1. The lowest BCUT2D eigenvalue weighted by Gasteiger charge is -2.45. The fraction of sp³-hybridized carbons (Fsp3) is 0.565. The number of nitrogens with zero attached hydrogens (tertiary/aromatic N) is 1. The Balaban J connectivity index is 1.74. The van der Waals surface area contributed by atoms with Crippen LogP contribution in [0.15, 0.2) is 36.1 Å². The van der Waals surface area contributed by atoms with Gasteiger partial charge >= 0.3 is 0 Å². The first-order chi connectivity index (χ1) is 13.6. The van der Waals surface area contributed by atoms with E-state index < -0.39 is 5.41 Å². The Morgan fingerprint density at radius 1 is 1.36 bits per heavy atom. The van der Waals surface area contributed by atoms with E-state index in [9.17, 15) is 9.59 Å². The van der Waals surface area contributed by atoms with E-state index in [0.29, 0.717) is 12.3 Å². The normalized spacial score (nSPS) is 32.2. The minimum absolute atomic E-state index is 0.119. The van der Waals surface area contributed by atoms with Gasteiger partial charge in [0.25, 0.3) is 0 Å². The van der Waals surface area contributed by atoms with Crippen molar-refractivity contribution in [2.75, 3.05) is 25.5 Å². The Bertz CT molecular complexity index is 818. The van der Waals surface area contributed by atoms with E-state index in [1.54, 1.807) is 13.4 Å². The van der Waals surface area contributed by atoms with E-state index in [1.165, 1.54) is 0 Å². The molecule has 1 spiro atoms. The van der Waals surface area contributed by atoms with Gasteiger partial charge in [-0.05, 0) is 42.9 Å². The molecular weight excluding hydrogens is 352 g/mol. The summed E-state index contributed by atoms with van der Waals surface area (Å²) in [6.45, 7) is 5.96. The molecule has 2 saturated heterocycles. The van der Waals surface area contributed by atoms with Crippen LogP contribution in [0.2, 0.25) is 0 Å². The van der Waals surface area contributed by atoms with E-state index in [0.717, 1.165) is 49.2 Å². The van der Waals surface area contributed by atoms with Gasteiger partial charge in [0.2, 0.25) is 5.91 Å². The number of piperidine rings is 1. The van der Waals surface area contributed by atoms with Gasteiger partial charge in [0.05, 0.1) is 18.8 Å². The second kappa shape index (κ2) is 7.36. The summed E-state index contributed by atoms with van der Waals surface area (Å²) in [5, 5.41) is 3.12. The number of allylic oxidation sites excluding steroid dienone is 1. The van der Waals surface area contributed by atoms with Crippen LogP contribution in [0.5, 0.6) is 0 Å². The first-order valence-corrected chi connectivity index (χ1v) is 10.5. The van der Waals surface area contributed by atoms with Crippen molar-refractivity contribution < 1.29 is 14.3 Å². The molecular formula is C23H30N2O3. The van der Waals surface area contributed by atoms with Crippen molar-refractivity contribution in [1.82, 2.24) is 4.90 Å². The number of hydrogen-bond donors (Lipinski definition) is 1. The molecule has 3 heterocycles. The van der Waals surface area contributed by atoms with E-state index >= 15 is 0 Å². The average Bonchev–Trinajstić information content (AvgIpc) is 3.23. The smallest absolute Gasteiger partial charge is 0.236 e. The summed E-state index contributed by atoms with van der Waals surface area (Å²) in [6, 6.07) is 8.21. The summed E-state index contributed by atoms with van der Waals surface area (Å²) in [5.74, 6) is 0.813. The zero-order chi connectivity index (χ0) is 19.9. The van der Waals surface area contributed by atoms with Crippen molar-refractivity contribution in [3.63, 3.8) is 0 Å². The van der Waals surface area contributed by atoms with Crippen LogP contribution >= 0.6 is 0 Å². The van der Waals surface area contributed by atoms with Gasteiger partial charge in [0.15, 0.2) is 5.78 Å². The van der Waals surface area contributed by atoms with E-state index in [4.69, 9.17) is 4.74 Å². The molecule has 3 aliphatic rings. The molecule has 0 unspecified atom stereocenters. The number of carbonyl (C=O) groups excluding carboxylic acids is 2. The molecule has 0 bridgehead atoms. The van der Waals surface area contributed by atoms with E-state index in [1.807, 2.05) is 25.1 Å². The van der Waals surface area contributed by atoms with Crippen LogP contribution in [0.3, 0.4) is 0 Å². The third-order valence-corrected chi connectivity index (χ3v) is 7.19.